The van der Waals surface area contributed by atoms with E-state index in [1.807, 2.05) is 30.3 Å². The number of aliphatic hydroxyl groups is 1. The molecule has 2 aromatic rings. The molecule has 2 fully saturated rings. The highest BCUT2D eigenvalue weighted by atomic mass is 32.1. The molecule has 2 heterocycles. The Balaban J connectivity index is 1.65. The van der Waals surface area contributed by atoms with Gasteiger partial charge in [-0.05, 0) is 30.4 Å². The van der Waals surface area contributed by atoms with Crippen molar-refractivity contribution in [2.75, 3.05) is 26.2 Å². The van der Waals surface area contributed by atoms with Gasteiger partial charge in [-0.1, -0.05) is 37.5 Å². The van der Waals surface area contributed by atoms with Crippen LogP contribution < -0.4 is 0 Å². The zero-order valence-corrected chi connectivity index (χ0v) is 16.7. The average Bonchev–Trinajstić information content (AvgIpc) is 3.11. The van der Waals surface area contributed by atoms with E-state index in [-0.39, 0.29) is 5.91 Å². The van der Waals surface area contributed by atoms with E-state index in [0.717, 1.165) is 34.2 Å². The first-order valence-corrected chi connectivity index (χ1v) is 10.8. The van der Waals surface area contributed by atoms with E-state index in [2.05, 4.69) is 0 Å². The number of amides is 2. The minimum atomic E-state index is -1.03. The van der Waals surface area contributed by atoms with Gasteiger partial charge in [0.15, 0.2) is 0 Å². The molecule has 2 N–H and O–H groups in total. The summed E-state index contributed by atoms with van der Waals surface area (Å²) in [6, 6.07) is 10.1. The Morgan fingerprint density at radius 3 is 2.29 bits per heavy atom. The Kier molecular flexibility index (Phi) is 5.29. The van der Waals surface area contributed by atoms with Crippen LogP contribution in [0.15, 0.2) is 30.3 Å². The molecule has 1 aliphatic heterocycles. The minimum absolute atomic E-state index is 0.0685. The second-order valence-corrected chi connectivity index (χ2v) is 8.99. The van der Waals surface area contributed by atoms with Crippen LogP contribution in [0.25, 0.3) is 10.1 Å². The molecular weight excluding hydrogens is 376 g/mol. The lowest BCUT2D eigenvalue weighted by Gasteiger charge is -2.42. The standard InChI is InChI=1S/C21H26N2O4S/c24-19(22-10-12-23(13-11-22)20(25)26)18(21(27)8-4-1-5-9-21)17-14-15-6-2-3-7-16(15)28-17/h2-3,6-7,14,18,27H,1,4-5,8-13H2,(H,25,26). The van der Waals surface area contributed by atoms with Crippen LogP contribution in [0.4, 0.5) is 4.79 Å². The number of carbonyl (C=O) groups excluding carboxylic acids is 1. The molecule has 7 heteroatoms. The van der Waals surface area contributed by atoms with E-state index in [9.17, 15) is 14.7 Å². The number of carbonyl (C=O) groups is 2. The van der Waals surface area contributed by atoms with Crippen molar-refractivity contribution in [1.82, 2.24) is 9.80 Å². The Hall–Kier alpha value is -2.12. The van der Waals surface area contributed by atoms with Gasteiger partial charge < -0.3 is 20.0 Å². The Morgan fingerprint density at radius 2 is 1.64 bits per heavy atom. The molecule has 4 rings (SSSR count). The summed E-state index contributed by atoms with van der Waals surface area (Å²) in [6.45, 7) is 1.39. The van der Waals surface area contributed by atoms with Crippen LogP contribution in [-0.4, -0.2) is 63.8 Å². The maximum atomic E-state index is 13.6. The molecule has 1 unspecified atom stereocenters. The fourth-order valence-corrected chi connectivity index (χ4v) is 5.78. The van der Waals surface area contributed by atoms with Crippen molar-refractivity contribution in [3.63, 3.8) is 0 Å². The number of rotatable bonds is 3. The van der Waals surface area contributed by atoms with E-state index in [1.54, 1.807) is 16.2 Å². The predicted octanol–water partition coefficient (Wildman–Crippen LogP) is 3.50. The van der Waals surface area contributed by atoms with Crippen molar-refractivity contribution >= 4 is 33.4 Å². The predicted molar refractivity (Wildman–Crippen MR) is 109 cm³/mol. The topological polar surface area (TPSA) is 81.1 Å². The maximum Gasteiger partial charge on any atom is 0.407 e. The van der Waals surface area contributed by atoms with Gasteiger partial charge in [0.1, 0.15) is 5.92 Å². The highest BCUT2D eigenvalue weighted by Gasteiger charge is 2.46. The van der Waals surface area contributed by atoms with Gasteiger partial charge >= 0.3 is 6.09 Å². The summed E-state index contributed by atoms with van der Waals surface area (Å²) in [4.78, 5) is 28.7. The fraction of sp³-hybridized carbons (Fsp3) is 0.524. The van der Waals surface area contributed by atoms with Gasteiger partial charge in [0.05, 0.1) is 5.60 Å². The van der Waals surface area contributed by atoms with E-state index >= 15 is 0 Å². The van der Waals surface area contributed by atoms with Crippen LogP contribution >= 0.6 is 11.3 Å². The smallest absolute Gasteiger partial charge is 0.407 e. The summed E-state index contributed by atoms with van der Waals surface area (Å²) in [5.41, 5.74) is -1.03. The van der Waals surface area contributed by atoms with Gasteiger partial charge in [0, 0.05) is 35.8 Å². The Labute approximate surface area is 168 Å². The van der Waals surface area contributed by atoms with Crippen molar-refractivity contribution < 1.29 is 19.8 Å². The van der Waals surface area contributed by atoms with Gasteiger partial charge in [0.2, 0.25) is 5.91 Å². The van der Waals surface area contributed by atoms with Crippen LogP contribution in [0.5, 0.6) is 0 Å². The van der Waals surface area contributed by atoms with Gasteiger partial charge in [-0.25, -0.2) is 4.79 Å². The number of fused-ring (bicyclic) bond motifs is 1. The molecule has 1 atom stereocenters. The molecule has 2 amide bonds. The summed E-state index contributed by atoms with van der Waals surface area (Å²) >= 11 is 1.58. The number of hydrogen-bond donors (Lipinski definition) is 2. The Bertz CT molecular complexity index is 833. The van der Waals surface area contributed by atoms with Gasteiger partial charge in [-0.2, -0.15) is 0 Å². The molecule has 2 aliphatic rings. The maximum absolute atomic E-state index is 13.6. The van der Waals surface area contributed by atoms with Crippen molar-refractivity contribution in [2.24, 2.45) is 0 Å². The summed E-state index contributed by atoms with van der Waals surface area (Å²) < 4.78 is 1.12. The molecule has 6 nitrogen and oxygen atoms in total. The Morgan fingerprint density at radius 1 is 1.00 bits per heavy atom. The third-order valence-electron chi connectivity index (χ3n) is 6.09. The van der Waals surface area contributed by atoms with Crippen LogP contribution in [0.1, 0.15) is 42.9 Å². The first-order valence-electron chi connectivity index (χ1n) is 9.95. The second-order valence-electron chi connectivity index (χ2n) is 7.88. The quantitative estimate of drug-likeness (QED) is 0.823. The fourth-order valence-electron chi connectivity index (χ4n) is 4.51. The van der Waals surface area contributed by atoms with Crippen LogP contribution in [0.3, 0.4) is 0 Å². The summed E-state index contributed by atoms with van der Waals surface area (Å²) in [6.07, 6.45) is 3.27. The molecule has 150 valence electrons. The molecule has 1 aliphatic carbocycles. The molecule has 1 saturated carbocycles. The number of thiophene rings is 1. The van der Waals surface area contributed by atoms with Gasteiger partial charge in [0.25, 0.3) is 0 Å². The molecule has 0 bridgehead atoms. The average molecular weight is 403 g/mol. The first-order chi connectivity index (χ1) is 13.5. The summed E-state index contributed by atoms with van der Waals surface area (Å²) in [5, 5.41) is 21.8. The number of piperazine rings is 1. The van der Waals surface area contributed by atoms with Crippen molar-refractivity contribution in [1.29, 1.82) is 0 Å². The SMILES string of the molecule is O=C(O)N1CCN(C(=O)C(c2cc3ccccc3s2)C2(O)CCCCC2)CC1. The number of carboxylic acid groups (broad SMARTS) is 1. The van der Waals surface area contributed by atoms with Crippen LogP contribution in [0, 0.1) is 0 Å². The lowest BCUT2D eigenvalue weighted by Crippen LogP contribution is -2.54. The summed E-state index contributed by atoms with van der Waals surface area (Å²) in [5.74, 6) is -0.650. The van der Waals surface area contributed by atoms with Crippen LogP contribution in [-0.2, 0) is 4.79 Å². The van der Waals surface area contributed by atoms with Crippen LogP contribution in [0.2, 0.25) is 0 Å². The second kappa shape index (κ2) is 7.72. The van der Waals surface area contributed by atoms with E-state index < -0.39 is 17.6 Å². The van der Waals surface area contributed by atoms with Gasteiger partial charge in [-0.3, -0.25) is 4.79 Å². The third kappa shape index (κ3) is 3.61. The molecular formula is C21H26N2O4S. The monoisotopic (exact) mass is 402 g/mol. The minimum Gasteiger partial charge on any atom is -0.465 e. The molecule has 1 saturated heterocycles. The number of benzene rings is 1. The molecule has 28 heavy (non-hydrogen) atoms. The lowest BCUT2D eigenvalue weighted by molar-refractivity contribution is -0.143. The largest absolute Gasteiger partial charge is 0.465 e. The molecule has 0 spiro atoms. The van der Waals surface area contributed by atoms with E-state index in [0.29, 0.717) is 39.0 Å². The van der Waals surface area contributed by atoms with Crippen molar-refractivity contribution in [3.8, 4) is 0 Å². The van der Waals surface area contributed by atoms with Crippen molar-refractivity contribution in [3.05, 3.63) is 35.2 Å². The first kappa shape index (κ1) is 19.2. The molecule has 1 aromatic carbocycles. The zero-order valence-electron chi connectivity index (χ0n) is 15.8. The number of hydrogen-bond acceptors (Lipinski definition) is 4. The van der Waals surface area contributed by atoms with E-state index in [4.69, 9.17) is 5.11 Å². The molecule has 1 aromatic heterocycles. The third-order valence-corrected chi connectivity index (χ3v) is 7.28. The lowest BCUT2D eigenvalue weighted by atomic mass is 9.74. The van der Waals surface area contributed by atoms with E-state index in [1.165, 1.54) is 4.90 Å². The molecule has 0 radical (unpaired) electrons. The summed E-state index contributed by atoms with van der Waals surface area (Å²) in [7, 11) is 0. The number of nitrogens with zero attached hydrogens (tertiary/aromatic N) is 2. The zero-order chi connectivity index (χ0) is 19.7. The van der Waals surface area contributed by atoms with Crippen molar-refractivity contribution in [2.45, 2.75) is 43.6 Å². The normalized spacial score (nSPS) is 20.9. The highest BCUT2D eigenvalue weighted by molar-refractivity contribution is 7.19. The van der Waals surface area contributed by atoms with Gasteiger partial charge in [-0.15, -0.1) is 11.3 Å². The highest BCUT2D eigenvalue weighted by Crippen LogP contribution is 2.44.